The normalized spacial score (nSPS) is 25.1. The number of piperidine rings is 1. The van der Waals surface area contributed by atoms with Crippen molar-refractivity contribution in [2.45, 2.75) is 51.2 Å². The van der Waals surface area contributed by atoms with Gasteiger partial charge in [0.25, 0.3) is 0 Å². The lowest BCUT2D eigenvalue weighted by atomic mass is 9.87. The van der Waals surface area contributed by atoms with Crippen molar-refractivity contribution in [3.63, 3.8) is 0 Å². The van der Waals surface area contributed by atoms with Crippen LogP contribution in [0.5, 0.6) is 0 Å². The van der Waals surface area contributed by atoms with E-state index in [0.29, 0.717) is 19.4 Å². The molecule has 3 heterocycles. The minimum atomic E-state index is -0.378. The summed E-state index contributed by atoms with van der Waals surface area (Å²) in [5.41, 5.74) is 1.96. The van der Waals surface area contributed by atoms with Crippen LogP contribution in [0.1, 0.15) is 48.6 Å². The molecule has 0 saturated carbocycles. The van der Waals surface area contributed by atoms with Crippen molar-refractivity contribution in [3.8, 4) is 0 Å². The summed E-state index contributed by atoms with van der Waals surface area (Å²) in [5, 5.41) is 1.99. The smallest absolute Gasteiger partial charge is 0.311 e. The molecule has 2 saturated heterocycles. The highest BCUT2D eigenvalue weighted by Gasteiger charge is 2.43. The first kappa shape index (κ1) is 20.1. The summed E-state index contributed by atoms with van der Waals surface area (Å²) in [5.74, 6) is -0.564. The second-order valence-corrected chi connectivity index (χ2v) is 8.80. The molecule has 29 heavy (non-hydrogen) atoms. The molecule has 2 aliphatic heterocycles. The average Bonchev–Trinajstić information content (AvgIpc) is 3.28. The molecule has 0 bridgehead atoms. The Morgan fingerprint density at radius 3 is 2.72 bits per heavy atom. The molecular formula is C23H27NO4S. The molecule has 5 nitrogen and oxygen atoms in total. The number of hydrogen-bond acceptors (Lipinski definition) is 5. The van der Waals surface area contributed by atoms with Gasteiger partial charge in [-0.15, -0.1) is 11.3 Å². The second-order valence-electron chi connectivity index (χ2n) is 7.82. The third-order valence-electron chi connectivity index (χ3n) is 5.73. The van der Waals surface area contributed by atoms with Gasteiger partial charge in [0.05, 0.1) is 18.1 Å². The first-order valence-electron chi connectivity index (χ1n) is 10.3. The number of thiophene rings is 1. The second kappa shape index (κ2) is 9.09. The van der Waals surface area contributed by atoms with Gasteiger partial charge in [-0.1, -0.05) is 23.8 Å². The highest BCUT2D eigenvalue weighted by Crippen LogP contribution is 2.42. The van der Waals surface area contributed by atoms with Crippen LogP contribution in [-0.4, -0.2) is 31.2 Å². The van der Waals surface area contributed by atoms with Gasteiger partial charge in [0, 0.05) is 23.6 Å². The first-order valence-corrected chi connectivity index (χ1v) is 11.2. The van der Waals surface area contributed by atoms with Gasteiger partial charge in [-0.2, -0.15) is 0 Å². The molecule has 0 unspecified atom stereocenters. The summed E-state index contributed by atoms with van der Waals surface area (Å²) in [6.07, 6.45) is 3.95. The number of ether oxygens (including phenoxy) is 2. The van der Waals surface area contributed by atoms with Crippen LogP contribution in [0.2, 0.25) is 0 Å². The summed E-state index contributed by atoms with van der Waals surface area (Å²) < 4.78 is 11.4. The van der Waals surface area contributed by atoms with E-state index in [9.17, 15) is 9.59 Å². The lowest BCUT2D eigenvalue weighted by Gasteiger charge is -2.39. The van der Waals surface area contributed by atoms with Crippen molar-refractivity contribution in [1.82, 2.24) is 0 Å². The molecule has 2 aliphatic rings. The predicted octanol–water partition coefficient (Wildman–Crippen LogP) is 4.65. The maximum atomic E-state index is 13.1. The van der Waals surface area contributed by atoms with Gasteiger partial charge in [0.15, 0.2) is 0 Å². The monoisotopic (exact) mass is 413 g/mol. The number of carbonyl (C=O) groups excluding carboxylic acids is 2. The number of aryl methyl sites for hydroxylation is 1. The summed E-state index contributed by atoms with van der Waals surface area (Å²) in [6.45, 7) is 3.05. The topological polar surface area (TPSA) is 55.8 Å². The lowest BCUT2D eigenvalue weighted by Crippen LogP contribution is -2.46. The van der Waals surface area contributed by atoms with Crippen LogP contribution < -0.4 is 4.90 Å². The minimum Gasteiger partial charge on any atom is -0.463 e. The van der Waals surface area contributed by atoms with E-state index in [0.717, 1.165) is 42.0 Å². The fraction of sp³-hybridized carbons (Fsp3) is 0.478. The Labute approximate surface area is 175 Å². The fourth-order valence-electron chi connectivity index (χ4n) is 4.16. The largest absolute Gasteiger partial charge is 0.463 e. The molecule has 4 rings (SSSR count). The zero-order valence-corrected chi connectivity index (χ0v) is 17.5. The van der Waals surface area contributed by atoms with Crippen molar-refractivity contribution >= 4 is 28.9 Å². The Morgan fingerprint density at radius 2 is 2.03 bits per heavy atom. The van der Waals surface area contributed by atoms with Gasteiger partial charge >= 0.3 is 5.97 Å². The van der Waals surface area contributed by atoms with Gasteiger partial charge in [-0.25, -0.2) is 0 Å². The standard InChI is InChI=1S/C23H27NO4S/c1-16-7-9-17(10-8-16)24-21(25)12-11-19(22(24)20-6-4-14-29-20)23(26)28-15-18-5-2-3-13-27-18/h4,6-10,14,18-19,22H,2-3,5,11-13,15H2,1H3/t18-,19-,22-/m0/s1. The number of esters is 1. The highest BCUT2D eigenvalue weighted by molar-refractivity contribution is 7.10. The van der Waals surface area contributed by atoms with E-state index in [1.807, 2.05) is 48.7 Å². The molecule has 0 N–H and O–H groups in total. The summed E-state index contributed by atoms with van der Waals surface area (Å²) in [7, 11) is 0. The molecule has 1 amide bonds. The van der Waals surface area contributed by atoms with Gasteiger partial charge in [0.2, 0.25) is 5.91 Å². The lowest BCUT2D eigenvalue weighted by molar-refractivity contribution is -0.156. The van der Waals surface area contributed by atoms with Gasteiger partial charge in [-0.05, 0) is 56.2 Å². The van der Waals surface area contributed by atoms with Crippen molar-refractivity contribution < 1.29 is 19.1 Å². The third-order valence-corrected chi connectivity index (χ3v) is 6.68. The van der Waals surface area contributed by atoms with E-state index in [4.69, 9.17) is 9.47 Å². The average molecular weight is 414 g/mol. The van der Waals surface area contributed by atoms with Gasteiger partial charge < -0.3 is 14.4 Å². The molecule has 154 valence electrons. The summed E-state index contributed by atoms with van der Waals surface area (Å²) in [4.78, 5) is 28.8. The van der Waals surface area contributed by atoms with Gasteiger partial charge in [0.1, 0.15) is 6.61 Å². The molecule has 1 aromatic carbocycles. The zero-order chi connectivity index (χ0) is 20.2. The number of amides is 1. The number of benzene rings is 1. The summed E-state index contributed by atoms with van der Waals surface area (Å²) in [6, 6.07) is 11.5. The molecule has 2 aromatic rings. The van der Waals surface area contributed by atoms with Crippen molar-refractivity contribution in [1.29, 1.82) is 0 Å². The zero-order valence-electron chi connectivity index (χ0n) is 16.7. The number of carbonyl (C=O) groups is 2. The third kappa shape index (κ3) is 4.54. The van der Waals surface area contributed by atoms with Crippen molar-refractivity contribution in [2.75, 3.05) is 18.1 Å². The first-order chi connectivity index (χ1) is 14.1. The van der Waals surface area contributed by atoms with Crippen LogP contribution in [-0.2, 0) is 19.1 Å². The number of rotatable bonds is 5. The van der Waals surface area contributed by atoms with E-state index in [1.165, 1.54) is 0 Å². The number of anilines is 1. The SMILES string of the molecule is Cc1ccc(N2C(=O)CC[C@H](C(=O)OC[C@@H]3CCCCO3)[C@H]2c2cccs2)cc1. The van der Waals surface area contributed by atoms with Crippen LogP contribution >= 0.6 is 11.3 Å². The van der Waals surface area contributed by atoms with E-state index in [-0.39, 0.29) is 29.9 Å². The quantitative estimate of drug-likeness (QED) is 0.670. The molecule has 0 aliphatic carbocycles. The Balaban J connectivity index is 1.57. The Kier molecular flexibility index (Phi) is 6.31. The van der Waals surface area contributed by atoms with E-state index in [1.54, 1.807) is 16.2 Å². The number of hydrogen-bond donors (Lipinski definition) is 0. The molecule has 1 aromatic heterocycles. The predicted molar refractivity (Wildman–Crippen MR) is 113 cm³/mol. The van der Waals surface area contributed by atoms with E-state index >= 15 is 0 Å². The Hall–Kier alpha value is -2.18. The van der Waals surface area contributed by atoms with Crippen LogP contribution in [0.3, 0.4) is 0 Å². The van der Waals surface area contributed by atoms with E-state index in [2.05, 4.69) is 0 Å². The van der Waals surface area contributed by atoms with Crippen molar-refractivity contribution in [2.24, 2.45) is 5.92 Å². The maximum absolute atomic E-state index is 13.1. The Bertz CT molecular complexity index is 827. The van der Waals surface area contributed by atoms with Crippen molar-refractivity contribution in [3.05, 3.63) is 52.2 Å². The maximum Gasteiger partial charge on any atom is 0.311 e. The van der Waals surface area contributed by atoms with E-state index < -0.39 is 0 Å². The van der Waals surface area contributed by atoms with Crippen LogP contribution in [0, 0.1) is 12.8 Å². The minimum absolute atomic E-state index is 0.00804. The molecular weight excluding hydrogens is 386 g/mol. The molecule has 2 fully saturated rings. The molecule has 0 spiro atoms. The number of nitrogens with zero attached hydrogens (tertiary/aromatic N) is 1. The summed E-state index contributed by atoms with van der Waals surface area (Å²) >= 11 is 1.57. The van der Waals surface area contributed by atoms with Crippen LogP contribution in [0.15, 0.2) is 41.8 Å². The molecule has 3 atom stereocenters. The molecule has 6 heteroatoms. The van der Waals surface area contributed by atoms with Gasteiger partial charge in [-0.3, -0.25) is 9.59 Å². The highest BCUT2D eigenvalue weighted by atomic mass is 32.1. The molecule has 0 radical (unpaired) electrons. The van der Waals surface area contributed by atoms with Crippen LogP contribution in [0.25, 0.3) is 0 Å². The Morgan fingerprint density at radius 1 is 1.21 bits per heavy atom. The van der Waals surface area contributed by atoms with Crippen LogP contribution in [0.4, 0.5) is 5.69 Å². The fourth-order valence-corrected chi connectivity index (χ4v) is 5.04.